The normalized spacial score (nSPS) is 16.3. The molecule has 0 bridgehead atoms. The minimum absolute atomic E-state index is 0.799. The number of hydrogen-bond acceptors (Lipinski definition) is 2. The minimum Gasteiger partial charge on any atom is -0.313 e. The van der Waals surface area contributed by atoms with Gasteiger partial charge >= 0.3 is 0 Å². The standard InChI is InChI=1S/C15H22ClNS/c1-2-9-17-11-12-7-8-13(16)10-15(12)18-14-5-3-4-6-14/h7-8,10,14,17H,2-6,9,11H2,1H3. The van der Waals surface area contributed by atoms with E-state index in [9.17, 15) is 0 Å². The van der Waals surface area contributed by atoms with Crippen molar-refractivity contribution in [3.63, 3.8) is 0 Å². The topological polar surface area (TPSA) is 12.0 Å². The first-order chi connectivity index (χ1) is 8.79. The lowest BCUT2D eigenvalue weighted by Crippen LogP contribution is -2.14. The van der Waals surface area contributed by atoms with Crippen molar-refractivity contribution < 1.29 is 0 Å². The zero-order chi connectivity index (χ0) is 12.8. The number of halogens is 1. The van der Waals surface area contributed by atoms with Gasteiger partial charge in [0.05, 0.1) is 0 Å². The number of benzene rings is 1. The van der Waals surface area contributed by atoms with Gasteiger partial charge in [-0.2, -0.15) is 0 Å². The Kier molecular flexibility index (Phi) is 5.87. The van der Waals surface area contributed by atoms with E-state index in [0.717, 1.165) is 23.4 Å². The summed E-state index contributed by atoms with van der Waals surface area (Å²) in [6.07, 6.45) is 6.68. The van der Waals surface area contributed by atoms with Gasteiger partial charge in [-0.15, -0.1) is 11.8 Å². The summed E-state index contributed by atoms with van der Waals surface area (Å²) in [5.41, 5.74) is 1.39. The molecule has 1 aliphatic carbocycles. The molecule has 18 heavy (non-hydrogen) atoms. The van der Waals surface area contributed by atoms with Gasteiger partial charge in [-0.1, -0.05) is 37.4 Å². The number of rotatable bonds is 6. The molecule has 0 unspecified atom stereocenters. The van der Waals surface area contributed by atoms with Crippen LogP contribution in [0.15, 0.2) is 23.1 Å². The Morgan fingerprint density at radius 3 is 2.83 bits per heavy atom. The highest BCUT2D eigenvalue weighted by Gasteiger charge is 2.17. The van der Waals surface area contributed by atoms with E-state index in [4.69, 9.17) is 11.6 Å². The van der Waals surface area contributed by atoms with Crippen molar-refractivity contribution in [3.8, 4) is 0 Å². The van der Waals surface area contributed by atoms with E-state index in [2.05, 4.69) is 24.4 Å². The highest BCUT2D eigenvalue weighted by atomic mass is 35.5. The fourth-order valence-electron chi connectivity index (χ4n) is 2.37. The summed E-state index contributed by atoms with van der Waals surface area (Å²) >= 11 is 8.16. The minimum atomic E-state index is 0.799. The Bertz CT molecular complexity index is 375. The van der Waals surface area contributed by atoms with Gasteiger partial charge in [-0.25, -0.2) is 0 Å². The molecule has 0 atom stereocenters. The van der Waals surface area contributed by atoms with Gasteiger partial charge in [0.25, 0.3) is 0 Å². The Balaban J connectivity index is 2.02. The average molecular weight is 284 g/mol. The Labute approximate surface area is 120 Å². The van der Waals surface area contributed by atoms with Crippen LogP contribution in [-0.4, -0.2) is 11.8 Å². The molecule has 0 amide bonds. The van der Waals surface area contributed by atoms with Crippen molar-refractivity contribution in [2.45, 2.75) is 55.7 Å². The third-order valence-electron chi connectivity index (χ3n) is 3.37. The second-order valence-electron chi connectivity index (χ2n) is 4.95. The summed E-state index contributed by atoms with van der Waals surface area (Å²) in [5.74, 6) is 0. The lowest BCUT2D eigenvalue weighted by atomic mass is 10.2. The summed E-state index contributed by atoms with van der Waals surface area (Å²) in [5, 5.41) is 5.14. The van der Waals surface area contributed by atoms with Crippen LogP contribution in [0.3, 0.4) is 0 Å². The maximum absolute atomic E-state index is 6.13. The van der Waals surface area contributed by atoms with Crippen molar-refractivity contribution in [2.24, 2.45) is 0 Å². The molecule has 0 aromatic heterocycles. The fraction of sp³-hybridized carbons (Fsp3) is 0.600. The molecule has 2 rings (SSSR count). The molecular weight excluding hydrogens is 262 g/mol. The second kappa shape index (κ2) is 7.42. The van der Waals surface area contributed by atoms with Crippen molar-refractivity contribution in [1.29, 1.82) is 0 Å². The smallest absolute Gasteiger partial charge is 0.0417 e. The van der Waals surface area contributed by atoms with E-state index in [1.54, 1.807) is 0 Å². The molecular formula is C15H22ClNS. The van der Waals surface area contributed by atoms with E-state index >= 15 is 0 Å². The number of hydrogen-bond donors (Lipinski definition) is 1. The van der Waals surface area contributed by atoms with E-state index < -0.39 is 0 Å². The van der Waals surface area contributed by atoms with Crippen LogP contribution in [0, 0.1) is 0 Å². The number of nitrogens with one attached hydrogen (secondary N) is 1. The predicted octanol–water partition coefficient (Wildman–Crippen LogP) is 4.87. The van der Waals surface area contributed by atoms with E-state index in [1.165, 1.54) is 42.6 Å². The molecule has 1 aromatic carbocycles. The molecule has 0 radical (unpaired) electrons. The molecule has 1 nitrogen and oxygen atoms in total. The summed E-state index contributed by atoms with van der Waals surface area (Å²) < 4.78 is 0. The molecule has 1 aliphatic rings. The molecule has 3 heteroatoms. The Morgan fingerprint density at radius 2 is 2.11 bits per heavy atom. The fourth-order valence-corrected chi connectivity index (χ4v) is 4.02. The Hall–Kier alpha value is -0.180. The van der Waals surface area contributed by atoms with Gasteiger partial charge in [-0.3, -0.25) is 0 Å². The van der Waals surface area contributed by atoms with Crippen LogP contribution in [-0.2, 0) is 6.54 Å². The predicted molar refractivity (Wildman–Crippen MR) is 81.6 cm³/mol. The van der Waals surface area contributed by atoms with E-state index in [0.29, 0.717) is 0 Å². The average Bonchev–Trinajstić information content (AvgIpc) is 2.85. The van der Waals surface area contributed by atoms with E-state index in [-0.39, 0.29) is 0 Å². The monoisotopic (exact) mass is 283 g/mol. The lowest BCUT2D eigenvalue weighted by molar-refractivity contribution is 0.669. The molecule has 1 fully saturated rings. The van der Waals surface area contributed by atoms with Crippen molar-refractivity contribution in [1.82, 2.24) is 5.32 Å². The van der Waals surface area contributed by atoms with Gasteiger partial charge < -0.3 is 5.32 Å². The maximum Gasteiger partial charge on any atom is 0.0417 e. The quantitative estimate of drug-likeness (QED) is 0.747. The molecule has 1 N–H and O–H groups in total. The van der Waals surface area contributed by atoms with Crippen LogP contribution >= 0.6 is 23.4 Å². The van der Waals surface area contributed by atoms with Crippen molar-refractivity contribution >= 4 is 23.4 Å². The first-order valence-electron chi connectivity index (χ1n) is 6.95. The first-order valence-corrected chi connectivity index (χ1v) is 8.21. The van der Waals surface area contributed by atoms with Crippen LogP contribution in [0.1, 0.15) is 44.6 Å². The zero-order valence-electron chi connectivity index (χ0n) is 11.0. The SMILES string of the molecule is CCCNCc1ccc(Cl)cc1SC1CCCC1. The highest BCUT2D eigenvalue weighted by Crippen LogP contribution is 2.37. The molecule has 0 aliphatic heterocycles. The van der Waals surface area contributed by atoms with Gasteiger partial charge in [0, 0.05) is 21.7 Å². The summed E-state index contributed by atoms with van der Waals surface area (Å²) in [6, 6.07) is 6.30. The first kappa shape index (κ1) is 14.2. The molecule has 1 saturated carbocycles. The van der Waals surface area contributed by atoms with Crippen LogP contribution in [0.25, 0.3) is 0 Å². The van der Waals surface area contributed by atoms with Gasteiger partial charge in [-0.05, 0) is 43.5 Å². The molecule has 1 aromatic rings. The van der Waals surface area contributed by atoms with Crippen molar-refractivity contribution in [3.05, 3.63) is 28.8 Å². The van der Waals surface area contributed by atoms with Crippen LogP contribution in [0.4, 0.5) is 0 Å². The van der Waals surface area contributed by atoms with Gasteiger partial charge in [0.15, 0.2) is 0 Å². The van der Waals surface area contributed by atoms with Crippen LogP contribution in [0.5, 0.6) is 0 Å². The Morgan fingerprint density at radius 1 is 1.33 bits per heavy atom. The molecule has 0 saturated heterocycles. The van der Waals surface area contributed by atoms with Gasteiger partial charge in [0.1, 0.15) is 0 Å². The summed E-state index contributed by atoms with van der Waals surface area (Å²) in [4.78, 5) is 1.37. The maximum atomic E-state index is 6.13. The van der Waals surface area contributed by atoms with E-state index in [1.807, 2.05) is 17.8 Å². The summed E-state index contributed by atoms with van der Waals surface area (Å²) in [7, 11) is 0. The van der Waals surface area contributed by atoms with Crippen molar-refractivity contribution in [2.75, 3.05) is 6.54 Å². The molecule has 0 heterocycles. The molecule has 100 valence electrons. The van der Waals surface area contributed by atoms with Crippen LogP contribution < -0.4 is 5.32 Å². The number of thioether (sulfide) groups is 1. The lowest BCUT2D eigenvalue weighted by Gasteiger charge is -2.14. The van der Waals surface area contributed by atoms with Gasteiger partial charge in [0.2, 0.25) is 0 Å². The highest BCUT2D eigenvalue weighted by molar-refractivity contribution is 8.00. The van der Waals surface area contributed by atoms with Crippen LogP contribution in [0.2, 0.25) is 5.02 Å². The second-order valence-corrected chi connectivity index (χ2v) is 6.73. The molecule has 0 spiro atoms. The third-order valence-corrected chi connectivity index (χ3v) is 5.04. The largest absolute Gasteiger partial charge is 0.313 e. The third kappa shape index (κ3) is 4.18. The summed E-state index contributed by atoms with van der Waals surface area (Å²) in [6.45, 7) is 4.24. The zero-order valence-corrected chi connectivity index (χ0v) is 12.6.